The van der Waals surface area contributed by atoms with Gasteiger partial charge in [0.1, 0.15) is 5.82 Å². The quantitative estimate of drug-likeness (QED) is 0.819. The molecule has 0 aliphatic carbocycles. The summed E-state index contributed by atoms with van der Waals surface area (Å²) in [6, 6.07) is 7.30. The Labute approximate surface area is 104 Å². The molecule has 0 aliphatic heterocycles. The molecule has 0 spiro atoms. The third-order valence-electron chi connectivity index (χ3n) is 2.39. The summed E-state index contributed by atoms with van der Waals surface area (Å²) < 4.78 is 1.58. The molecule has 1 aromatic carbocycles. The second kappa shape index (κ2) is 4.55. The maximum absolute atomic E-state index is 7.29. The first-order valence-electron chi connectivity index (χ1n) is 5.11. The number of para-hydroxylation sites is 1. The Bertz CT molecular complexity index is 549. The van der Waals surface area contributed by atoms with Crippen molar-refractivity contribution in [2.24, 2.45) is 0 Å². The Balaban J connectivity index is 2.59. The third kappa shape index (κ3) is 2.14. The molecule has 1 aromatic heterocycles. The summed E-state index contributed by atoms with van der Waals surface area (Å²) in [4.78, 5) is 4.12. The van der Waals surface area contributed by atoms with E-state index in [1.54, 1.807) is 10.7 Å². The highest BCUT2D eigenvalue weighted by molar-refractivity contribution is 6.32. The number of nitrogen functional groups attached to an aromatic ring is 1. The van der Waals surface area contributed by atoms with Crippen molar-refractivity contribution in [3.05, 3.63) is 35.1 Å². The molecule has 5 nitrogen and oxygen atoms in total. The highest BCUT2D eigenvalue weighted by Gasteiger charge is 2.16. The first kappa shape index (κ1) is 11.6. The van der Waals surface area contributed by atoms with Crippen LogP contribution in [0.1, 0.15) is 18.7 Å². The molecular weight excluding hydrogens is 238 g/mol. The normalized spacial score (nSPS) is 12.4. The molecule has 0 saturated carbocycles. The van der Waals surface area contributed by atoms with Gasteiger partial charge in [-0.15, -0.1) is 5.10 Å². The van der Waals surface area contributed by atoms with Gasteiger partial charge in [-0.1, -0.05) is 30.7 Å². The van der Waals surface area contributed by atoms with E-state index in [-0.39, 0.29) is 11.9 Å². The first-order chi connectivity index (χ1) is 8.13. The fourth-order valence-corrected chi connectivity index (χ4v) is 1.73. The van der Waals surface area contributed by atoms with Gasteiger partial charge in [-0.2, -0.15) is 4.98 Å². The average Bonchev–Trinajstić information content (AvgIpc) is 2.71. The van der Waals surface area contributed by atoms with Crippen LogP contribution in [0.25, 0.3) is 5.69 Å². The standard InChI is InChI=1S/C11H12ClN5/c1-7(6-13)10-15-11(14)16-17(10)9-5-3-2-4-8(9)12/h2-7,13H,1H3,(H2,14,16). The maximum Gasteiger partial charge on any atom is 0.240 e. The van der Waals surface area contributed by atoms with Gasteiger partial charge in [0.25, 0.3) is 0 Å². The Kier molecular flexibility index (Phi) is 3.10. The highest BCUT2D eigenvalue weighted by atomic mass is 35.5. The molecule has 0 amide bonds. The maximum atomic E-state index is 7.29. The Hall–Kier alpha value is -1.88. The lowest BCUT2D eigenvalue weighted by Crippen LogP contribution is -2.07. The van der Waals surface area contributed by atoms with Gasteiger partial charge in [-0.05, 0) is 12.1 Å². The number of anilines is 1. The van der Waals surface area contributed by atoms with Crippen LogP contribution in [0, 0.1) is 5.41 Å². The van der Waals surface area contributed by atoms with Gasteiger partial charge < -0.3 is 11.1 Å². The van der Waals surface area contributed by atoms with Gasteiger partial charge in [-0.3, -0.25) is 0 Å². The summed E-state index contributed by atoms with van der Waals surface area (Å²) in [6.45, 7) is 1.85. The topological polar surface area (TPSA) is 80.6 Å². The van der Waals surface area contributed by atoms with E-state index in [9.17, 15) is 0 Å². The van der Waals surface area contributed by atoms with Gasteiger partial charge in [0.2, 0.25) is 5.95 Å². The van der Waals surface area contributed by atoms with E-state index in [1.807, 2.05) is 25.1 Å². The van der Waals surface area contributed by atoms with Crippen molar-refractivity contribution in [3.8, 4) is 5.69 Å². The van der Waals surface area contributed by atoms with Crippen LogP contribution in [0.4, 0.5) is 5.95 Å². The molecule has 17 heavy (non-hydrogen) atoms. The minimum absolute atomic E-state index is 0.170. The van der Waals surface area contributed by atoms with Crippen LogP contribution in [-0.2, 0) is 0 Å². The zero-order valence-corrected chi connectivity index (χ0v) is 10.0. The predicted molar refractivity (Wildman–Crippen MR) is 68.0 cm³/mol. The van der Waals surface area contributed by atoms with E-state index < -0.39 is 0 Å². The summed E-state index contributed by atoms with van der Waals surface area (Å²) in [6.07, 6.45) is 1.29. The molecule has 88 valence electrons. The van der Waals surface area contributed by atoms with Crippen LogP contribution in [0.3, 0.4) is 0 Å². The third-order valence-corrected chi connectivity index (χ3v) is 2.71. The number of nitrogens with one attached hydrogen (secondary N) is 1. The van der Waals surface area contributed by atoms with Crippen molar-refractivity contribution in [2.45, 2.75) is 12.8 Å². The molecule has 1 heterocycles. The number of hydrogen-bond acceptors (Lipinski definition) is 4. The average molecular weight is 250 g/mol. The lowest BCUT2D eigenvalue weighted by molar-refractivity contribution is 0.779. The molecule has 0 bridgehead atoms. The Morgan fingerprint density at radius 1 is 1.47 bits per heavy atom. The van der Waals surface area contributed by atoms with Crippen LogP contribution in [-0.4, -0.2) is 21.0 Å². The second-order valence-electron chi connectivity index (χ2n) is 3.65. The Morgan fingerprint density at radius 3 is 2.82 bits per heavy atom. The smallest absolute Gasteiger partial charge is 0.240 e. The zero-order chi connectivity index (χ0) is 12.4. The van der Waals surface area contributed by atoms with E-state index in [1.165, 1.54) is 6.21 Å². The fourth-order valence-electron chi connectivity index (χ4n) is 1.51. The molecule has 0 saturated heterocycles. The monoisotopic (exact) mass is 249 g/mol. The van der Waals surface area contributed by atoms with Crippen molar-refractivity contribution >= 4 is 23.8 Å². The first-order valence-corrected chi connectivity index (χ1v) is 5.49. The van der Waals surface area contributed by atoms with Crippen molar-refractivity contribution in [1.29, 1.82) is 5.41 Å². The van der Waals surface area contributed by atoms with Gasteiger partial charge >= 0.3 is 0 Å². The molecule has 3 N–H and O–H groups in total. The van der Waals surface area contributed by atoms with E-state index >= 15 is 0 Å². The van der Waals surface area contributed by atoms with Crippen LogP contribution in [0.15, 0.2) is 24.3 Å². The number of benzene rings is 1. The summed E-state index contributed by atoms with van der Waals surface area (Å²) in [5, 5.41) is 12.0. The number of aromatic nitrogens is 3. The largest absolute Gasteiger partial charge is 0.366 e. The van der Waals surface area contributed by atoms with Gasteiger partial charge in [0, 0.05) is 6.21 Å². The lowest BCUT2D eigenvalue weighted by atomic mass is 10.2. The van der Waals surface area contributed by atoms with Crippen molar-refractivity contribution in [2.75, 3.05) is 5.73 Å². The summed E-state index contributed by atoms with van der Waals surface area (Å²) in [5.41, 5.74) is 6.31. The van der Waals surface area contributed by atoms with E-state index in [0.29, 0.717) is 16.5 Å². The van der Waals surface area contributed by atoms with Gasteiger partial charge in [0.05, 0.1) is 16.6 Å². The number of hydrogen-bond donors (Lipinski definition) is 2. The number of rotatable bonds is 3. The number of nitrogens with zero attached hydrogens (tertiary/aromatic N) is 3. The predicted octanol–water partition coefficient (Wildman–Crippen LogP) is 2.26. The van der Waals surface area contributed by atoms with Crippen LogP contribution in [0.5, 0.6) is 0 Å². The molecule has 0 fully saturated rings. The van der Waals surface area contributed by atoms with Crippen LogP contribution < -0.4 is 5.73 Å². The van der Waals surface area contributed by atoms with Crippen molar-refractivity contribution in [3.63, 3.8) is 0 Å². The van der Waals surface area contributed by atoms with Crippen LogP contribution in [0.2, 0.25) is 5.02 Å². The highest BCUT2D eigenvalue weighted by Crippen LogP contribution is 2.23. The molecular formula is C11H12ClN5. The second-order valence-corrected chi connectivity index (χ2v) is 4.05. The van der Waals surface area contributed by atoms with Crippen molar-refractivity contribution < 1.29 is 0 Å². The molecule has 0 radical (unpaired) electrons. The lowest BCUT2D eigenvalue weighted by Gasteiger charge is -2.09. The van der Waals surface area contributed by atoms with E-state index in [0.717, 1.165) is 0 Å². The molecule has 0 aliphatic rings. The van der Waals surface area contributed by atoms with E-state index in [2.05, 4.69) is 10.1 Å². The molecule has 6 heteroatoms. The number of halogens is 1. The summed E-state index contributed by atoms with van der Waals surface area (Å²) >= 11 is 6.10. The molecule has 1 unspecified atom stereocenters. The van der Waals surface area contributed by atoms with E-state index in [4.69, 9.17) is 22.7 Å². The van der Waals surface area contributed by atoms with Crippen molar-refractivity contribution in [1.82, 2.24) is 14.8 Å². The fraction of sp³-hybridized carbons (Fsp3) is 0.182. The zero-order valence-electron chi connectivity index (χ0n) is 9.26. The number of nitrogens with two attached hydrogens (primary N) is 1. The molecule has 2 rings (SSSR count). The minimum Gasteiger partial charge on any atom is -0.366 e. The molecule has 1 atom stereocenters. The molecule has 2 aromatic rings. The van der Waals surface area contributed by atoms with Gasteiger partial charge in [0.15, 0.2) is 0 Å². The van der Waals surface area contributed by atoms with Crippen LogP contribution >= 0.6 is 11.6 Å². The Morgan fingerprint density at radius 2 is 2.18 bits per heavy atom. The summed E-state index contributed by atoms with van der Waals surface area (Å²) in [5.74, 6) is 0.607. The van der Waals surface area contributed by atoms with Gasteiger partial charge in [-0.25, -0.2) is 4.68 Å². The summed E-state index contributed by atoms with van der Waals surface area (Å²) in [7, 11) is 0. The SMILES string of the molecule is CC(C=N)c1nc(N)nn1-c1ccccc1Cl. The minimum atomic E-state index is -0.170.